The van der Waals surface area contributed by atoms with E-state index in [1.807, 2.05) is 20.8 Å². The molecule has 0 aliphatic rings. The van der Waals surface area contributed by atoms with Crippen LogP contribution in [0.5, 0.6) is 0 Å². The first-order chi connectivity index (χ1) is 7.84. The van der Waals surface area contributed by atoms with E-state index in [2.05, 4.69) is 0 Å². The molecule has 0 atom stereocenters. The number of aldehydes is 1. The molecule has 4 nitrogen and oxygen atoms in total. The summed E-state index contributed by atoms with van der Waals surface area (Å²) in [6.07, 6.45) is -0.181. The molecular formula is C13H17NO3. The van der Waals surface area contributed by atoms with Gasteiger partial charge in [-0.1, -0.05) is 24.3 Å². The zero-order chi connectivity index (χ0) is 13.1. The smallest absolute Gasteiger partial charge is 0.408 e. The van der Waals surface area contributed by atoms with Gasteiger partial charge in [-0.3, -0.25) is 9.69 Å². The third kappa shape index (κ3) is 3.59. The quantitative estimate of drug-likeness (QED) is 0.819. The maximum Gasteiger partial charge on any atom is 0.408 e. The minimum absolute atomic E-state index is 0.317. The minimum atomic E-state index is -0.947. The maximum atomic E-state index is 11.1. The van der Waals surface area contributed by atoms with Crippen LogP contribution in [0, 0.1) is 0 Å². The topological polar surface area (TPSA) is 57.6 Å². The molecule has 0 heterocycles. The van der Waals surface area contributed by atoms with Crippen LogP contribution in [-0.4, -0.2) is 27.9 Å². The SMILES string of the molecule is CC(C)(C)N(Cc1ccc(C=O)cc1)C(=O)O. The summed E-state index contributed by atoms with van der Waals surface area (Å²) in [5.74, 6) is 0. The first-order valence-corrected chi connectivity index (χ1v) is 5.39. The van der Waals surface area contributed by atoms with Crippen LogP contribution >= 0.6 is 0 Å². The molecule has 0 unspecified atom stereocenters. The second-order valence-corrected chi connectivity index (χ2v) is 4.90. The molecule has 1 rings (SSSR count). The van der Waals surface area contributed by atoms with Gasteiger partial charge < -0.3 is 5.11 Å². The molecule has 1 aromatic carbocycles. The zero-order valence-corrected chi connectivity index (χ0v) is 10.3. The fourth-order valence-corrected chi connectivity index (χ4v) is 1.48. The van der Waals surface area contributed by atoms with Crippen LogP contribution in [0.15, 0.2) is 24.3 Å². The molecule has 0 saturated heterocycles. The lowest BCUT2D eigenvalue weighted by Crippen LogP contribution is -2.44. The van der Waals surface area contributed by atoms with Gasteiger partial charge in [0.1, 0.15) is 6.29 Å². The lowest BCUT2D eigenvalue weighted by Gasteiger charge is -2.33. The number of carboxylic acid groups (broad SMARTS) is 1. The van der Waals surface area contributed by atoms with Crippen molar-refractivity contribution in [3.63, 3.8) is 0 Å². The standard InChI is InChI=1S/C13H17NO3/c1-13(2,3)14(12(16)17)8-10-4-6-11(9-15)7-5-10/h4-7,9H,8H2,1-3H3,(H,16,17). The van der Waals surface area contributed by atoms with E-state index in [0.717, 1.165) is 11.8 Å². The Balaban J connectivity index is 2.86. The van der Waals surface area contributed by atoms with Crippen molar-refractivity contribution in [1.29, 1.82) is 0 Å². The van der Waals surface area contributed by atoms with Gasteiger partial charge in [-0.2, -0.15) is 0 Å². The number of hydrogen-bond donors (Lipinski definition) is 1. The molecule has 4 heteroatoms. The Morgan fingerprint density at radius 1 is 1.29 bits per heavy atom. The van der Waals surface area contributed by atoms with Gasteiger partial charge in [0.2, 0.25) is 0 Å². The summed E-state index contributed by atoms with van der Waals surface area (Å²) in [5, 5.41) is 9.14. The van der Waals surface area contributed by atoms with Crippen LogP contribution in [-0.2, 0) is 6.54 Å². The van der Waals surface area contributed by atoms with Crippen LogP contribution in [0.4, 0.5) is 4.79 Å². The molecule has 92 valence electrons. The van der Waals surface area contributed by atoms with Gasteiger partial charge >= 0.3 is 6.09 Å². The van der Waals surface area contributed by atoms with Crippen LogP contribution in [0.2, 0.25) is 0 Å². The van der Waals surface area contributed by atoms with Crippen molar-refractivity contribution in [3.8, 4) is 0 Å². The number of hydrogen-bond acceptors (Lipinski definition) is 2. The largest absolute Gasteiger partial charge is 0.465 e. The summed E-state index contributed by atoms with van der Waals surface area (Å²) in [5.41, 5.74) is 1.01. The number of nitrogens with zero attached hydrogens (tertiary/aromatic N) is 1. The lowest BCUT2D eigenvalue weighted by molar-refractivity contribution is 0.0954. The van der Waals surface area contributed by atoms with Crippen LogP contribution in [0.25, 0.3) is 0 Å². The third-order valence-corrected chi connectivity index (χ3v) is 2.50. The van der Waals surface area contributed by atoms with Gasteiger partial charge in [-0.15, -0.1) is 0 Å². The average Bonchev–Trinajstić information content (AvgIpc) is 2.24. The number of rotatable bonds is 3. The minimum Gasteiger partial charge on any atom is -0.465 e. The normalized spacial score (nSPS) is 11.0. The van der Waals surface area contributed by atoms with E-state index in [4.69, 9.17) is 5.11 Å². The average molecular weight is 235 g/mol. The molecule has 0 aliphatic carbocycles. The van der Waals surface area contributed by atoms with E-state index >= 15 is 0 Å². The Bertz CT molecular complexity index is 404. The van der Waals surface area contributed by atoms with Crippen molar-refractivity contribution in [2.75, 3.05) is 0 Å². The van der Waals surface area contributed by atoms with Crippen molar-refractivity contribution in [3.05, 3.63) is 35.4 Å². The van der Waals surface area contributed by atoms with Gasteiger partial charge in [0.05, 0.1) is 0 Å². The van der Waals surface area contributed by atoms with Crippen LogP contribution in [0.1, 0.15) is 36.7 Å². The molecule has 17 heavy (non-hydrogen) atoms. The highest BCUT2D eigenvalue weighted by Gasteiger charge is 2.25. The molecule has 0 bridgehead atoms. The van der Waals surface area contributed by atoms with Crippen LogP contribution < -0.4 is 0 Å². The lowest BCUT2D eigenvalue weighted by atomic mass is 10.0. The van der Waals surface area contributed by atoms with Crippen LogP contribution in [0.3, 0.4) is 0 Å². The Morgan fingerprint density at radius 3 is 2.18 bits per heavy atom. The predicted molar refractivity (Wildman–Crippen MR) is 65.2 cm³/mol. The molecule has 0 aromatic heterocycles. The molecule has 0 aliphatic heterocycles. The van der Waals surface area contributed by atoms with E-state index < -0.39 is 11.6 Å². The molecule has 1 N–H and O–H groups in total. The molecule has 0 saturated carbocycles. The van der Waals surface area contributed by atoms with Gasteiger partial charge in [-0.05, 0) is 26.3 Å². The van der Waals surface area contributed by atoms with Crippen molar-refractivity contribution < 1.29 is 14.7 Å². The summed E-state index contributed by atoms with van der Waals surface area (Å²) in [6.45, 7) is 5.86. The molecule has 0 spiro atoms. The van der Waals surface area contributed by atoms with E-state index in [-0.39, 0.29) is 0 Å². The maximum absolute atomic E-state index is 11.1. The fraction of sp³-hybridized carbons (Fsp3) is 0.385. The highest BCUT2D eigenvalue weighted by Crippen LogP contribution is 2.17. The number of carbonyl (C=O) groups is 2. The van der Waals surface area contributed by atoms with Crippen molar-refractivity contribution in [2.24, 2.45) is 0 Å². The Morgan fingerprint density at radius 2 is 1.82 bits per heavy atom. The molecule has 1 aromatic rings. The fourth-order valence-electron chi connectivity index (χ4n) is 1.48. The highest BCUT2D eigenvalue weighted by molar-refractivity contribution is 5.74. The summed E-state index contributed by atoms with van der Waals surface area (Å²) in [6, 6.07) is 6.91. The Labute approximate surface area is 101 Å². The van der Waals surface area contributed by atoms with Crippen molar-refractivity contribution in [1.82, 2.24) is 4.90 Å². The number of carbonyl (C=O) groups excluding carboxylic acids is 1. The molecule has 0 fully saturated rings. The highest BCUT2D eigenvalue weighted by atomic mass is 16.4. The second kappa shape index (κ2) is 4.99. The van der Waals surface area contributed by atoms with Gasteiger partial charge in [0, 0.05) is 17.6 Å². The molecular weight excluding hydrogens is 218 g/mol. The zero-order valence-electron chi connectivity index (χ0n) is 10.3. The van der Waals surface area contributed by atoms with Crippen molar-refractivity contribution >= 4 is 12.4 Å². The Kier molecular flexibility index (Phi) is 3.89. The predicted octanol–water partition coefficient (Wildman–Crippen LogP) is 2.78. The van der Waals surface area contributed by atoms with E-state index in [1.54, 1.807) is 24.3 Å². The van der Waals surface area contributed by atoms with Gasteiger partial charge in [0.15, 0.2) is 0 Å². The monoisotopic (exact) mass is 235 g/mol. The summed E-state index contributed by atoms with van der Waals surface area (Å²) in [4.78, 5) is 23.0. The van der Waals surface area contributed by atoms with E-state index in [9.17, 15) is 9.59 Å². The van der Waals surface area contributed by atoms with Gasteiger partial charge in [-0.25, -0.2) is 4.79 Å². The van der Waals surface area contributed by atoms with E-state index in [0.29, 0.717) is 12.1 Å². The first-order valence-electron chi connectivity index (χ1n) is 5.39. The summed E-state index contributed by atoms with van der Waals surface area (Å²) in [7, 11) is 0. The van der Waals surface area contributed by atoms with E-state index in [1.165, 1.54) is 4.90 Å². The second-order valence-electron chi connectivity index (χ2n) is 4.90. The number of benzene rings is 1. The first kappa shape index (κ1) is 13.2. The summed E-state index contributed by atoms with van der Waals surface area (Å²) >= 11 is 0. The third-order valence-electron chi connectivity index (χ3n) is 2.50. The molecule has 0 radical (unpaired) electrons. The Hall–Kier alpha value is -1.84. The summed E-state index contributed by atoms with van der Waals surface area (Å²) < 4.78 is 0. The number of amides is 1. The van der Waals surface area contributed by atoms with Gasteiger partial charge in [0.25, 0.3) is 0 Å². The van der Waals surface area contributed by atoms with Crippen molar-refractivity contribution in [2.45, 2.75) is 32.9 Å². The molecule has 1 amide bonds.